The summed E-state index contributed by atoms with van der Waals surface area (Å²) in [4.78, 5) is 28.8. The summed E-state index contributed by atoms with van der Waals surface area (Å²) in [6.07, 6.45) is 3.33. The van der Waals surface area contributed by atoms with Crippen LogP contribution in [0, 0.1) is 0 Å². The van der Waals surface area contributed by atoms with Crippen molar-refractivity contribution in [3.8, 4) is 11.5 Å². The van der Waals surface area contributed by atoms with Gasteiger partial charge in [-0.2, -0.15) is 0 Å². The molecule has 2 amide bonds. The summed E-state index contributed by atoms with van der Waals surface area (Å²) in [7, 11) is 1.52. The molecule has 33 heavy (non-hydrogen) atoms. The van der Waals surface area contributed by atoms with E-state index in [0.717, 1.165) is 13.1 Å². The second-order valence-corrected chi connectivity index (χ2v) is 7.95. The van der Waals surface area contributed by atoms with Gasteiger partial charge < -0.3 is 24.6 Å². The average molecular weight is 472 g/mol. The second-order valence-electron chi connectivity index (χ2n) is 7.54. The zero-order valence-electron chi connectivity index (χ0n) is 19.1. The first-order valence-electron chi connectivity index (χ1n) is 11.1. The van der Waals surface area contributed by atoms with Crippen LogP contribution in [-0.4, -0.2) is 63.2 Å². The molecule has 1 N–H and O–H groups in total. The Balaban J connectivity index is 1.43. The van der Waals surface area contributed by atoms with Gasteiger partial charge in [0.2, 0.25) is 11.8 Å². The molecule has 176 valence electrons. The molecule has 1 fully saturated rings. The van der Waals surface area contributed by atoms with E-state index in [4.69, 9.17) is 21.1 Å². The van der Waals surface area contributed by atoms with Crippen LogP contribution in [0.1, 0.15) is 18.9 Å². The van der Waals surface area contributed by atoms with E-state index >= 15 is 0 Å². The van der Waals surface area contributed by atoms with E-state index in [9.17, 15) is 9.59 Å². The Morgan fingerprint density at radius 3 is 2.52 bits per heavy atom. The molecule has 2 aromatic carbocycles. The number of carbonyl (C=O) groups is 2. The summed E-state index contributed by atoms with van der Waals surface area (Å²) in [5, 5.41) is 3.17. The predicted octanol–water partition coefficient (Wildman–Crippen LogP) is 3.62. The van der Waals surface area contributed by atoms with Crippen molar-refractivity contribution in [1.29, 1.82) is 0 Å². The molecular weight excluding hydrogens is 442 g/mol. The molecule has 0 saturated carbocycles. The predicted molar refractivity (Wildman–Crippen MR) is 131 cm³/mol. The number of carbonyl (C=O) groups excluding carboxylic acids is 2. The van der Waals surface area contributed by atoms with Gasteiger partial charge in [-0.05, 0) is 42.8 Å². The number of para-hydroxylation sites is 1. The zero-order chi connectivity index (χ0) is 23.6. The summed E-state index contributed by atoms with van der Waals surface area (Å²) in [5.74, 6) is 0.755. The molecule has 1 saturated heterocycles. The number of anilines is 1. The lowest BCUT2D eigenvalue weighted by molar-refractivity contribution is -0.131. The number of piperazine rings is 1. The zero-order valence-corrected chi connectivity index (χ0v) is 19.8. The van der Waals surface area contributed by atoms with Crippen molar-refractivity contribution in [3.05, 3.63) is 59.1 Å². The highest BCUT2D eigenvalue weighted by atomic mass is 35.5. The molecule has 0 atom stereocenters. The molecule has 0 aromatic heterocycles. The molecule has 0 spiro atoms. The number of hydrogen-bond donors (Lipinski definition) is 1. The highest BCUT2D eigenvalue weighted by molar-refractivity contribution is 6.32. The Bertz CT molecular complexity index is 973. The van der Waals surface area contributed by atoms with Crippen LogP contribution in [0.2, 0.25) is 5.02 Å². The topological polar surface area (TPSA) is 71.1 Å². The molecule has 0 unspecified atom stereocenters. The number of ether oxygens (including phenoxy) is 2. The van der Waals surface area contributed by atoms with Crippen LogP contribution in [-0.2, 0) is 9.59 Å². The van der Waals surface area contributed by atoms with Crippen molar-refractivity contribution in [3.63, 3.8) is 0 Å². The van der Waals surface area contributed by atoms with Gasteiger partial charge in [0.1, 0.15) is 0 Å². The lowest BCUT2D eigenvalue weighted by atomic mass is 10.2. The van der Waals surface area contributed by atoms with Gasteiger partial charge in [-0.3, -0.25) is 9.59 Å². The van der Waals surface area contributed by atoms with Crippen LogP contribution >= 0.6 is 11.6 Å². The number of nitrogens with one attached hydrogen (secondary N) is 1. The van der Waals surface area contributed by atoms with E-state index in [1.165, 1.54) is 18.9 Å². The minimum Gasteiger partial charge on any atom is -0.491 e. The molecule has 2 aromatic rings. The van der Waals surface area contributed by atoms with Crippen LogP contribution < -0.4 is 19.7 Å². The fraction of sp³-hybridized carbons (Fsp3) is 0.360. The number of hydrogen-bond acceptors (Lipinski definition) is 5. The third kappa shape index (κ3) is 6.89. The normalized spacial score (nSPS) is 13.8. The van der Waals surface area contributed by atoms with Gasteiger partial charge in [0.25, 0.3) is 0 Å². The van der Waals surface area contributed by atoms with E-state index in [-0.39, 0.29) is 24.8 Å². The molecule has 0 radical (unpaired) electrons. The monoisotopic (exact) mass is 471 g/mol. The lowest BCUT2D eigenvalue weighted by Gasteiger charge is -2.36. The summed E-state index contributed by atoms with van der Waals surface area (Å²) >= 11 is 6.24. The van der Waals surface area contributed by atoms with Gasteiger partial charge >= 0.3 is 0 Å². The fourth-order valence-corrected chi connectivity index (χ4v) is 3.98. The van der Waals surface area contributed by atoms with Crippen molar-refractivity contribution in [1.82, 2.24) is 10.2 Å². The largest absolute Gasteiger partial charge is 0.491 e. The Morgan fingerprint density at radius 2 is 1.85 bits per heavy atom. The average Bonchev–Trinajstić information content (AvgIpc) is 2.83. The van der Waals surface area contributed by atoms with Crippen LogP contribution in [0.15, 0.2) is 48.5 Å². The van der Waals surface area contributed by atoms with Crippen molar-refractivity contribution in [2.75, 3.05) is 51.3 Å². The maximum Gasteiger partial charge on any atom is 0.244 e. The van der Waals surface area contributed by atoms with Crippen LogP contribution in [0.4, 0.5) is 5.69 Å². The minimum atomic E-state index is -0.276. The smallest absolute Gasteiger partial charge is 0.244 e. The maximum atomic E-state index is 12.5. The molecule has 0 aliphatic carbocycles. The molecule has 7 nitrogen and oxygen atoms in total. The second kappa shape index (κ2) is 12.2. The molecular formula is C25H30ClN3O4. The molecule has 1 aliphatic heterocycles. The van der Waals surface area contributed by atoms with E-state index < -0.39 is 0 Å². The lowest BCUT2D eigenvalue weighted by Crippen LogP contribution is -2.49. The first-order valence-corrected chi connectivity index (χ1v) is 11.4. The van der Waals surface area contributed by atoms with E-state index in [1.54, 1.807) is 18.2 Å². The van der Waals surface area contributed by atoms with Crippen molar-refractivity contribution < 1.29 is 19.1 Å². The first kappa shape index (κ1) is 24.5. The summed E-state index contributed by atoms with van der Waals surface area (Å²) in [6.45, 7) is 5.60. The maximum absolute atomic E-state index is 12.5. The van der Waals surface area contributed by atoms with Crippen LogP contribution in [0.5, 0.6) is 11.5 Å². The van der Waals surface area contributed by atoms with Crippen LogP contribution in [0.25, 0.3) is 6.08 Å². The Kier molecular flexibility index (Phi) is 9.01. The van der Waals surface area contributed by atoms with Crippen molar-refractivity contribution in [2.24, 2.45) is 0 Å². The Labute approximate surface area is 199 Å². The Hall–Kier alpha value is -3.19. The van der Waals surface area contributed by atoms with Crippen molar-refractivity contribution >= 4 is 35.2 Å². The number of rotatable bonds is 9. The number of amides is 2. The van der Waals surface area contributed by atoms with Gasteiger partial charge in [-0.1, -0.05) is 29.8 Å². The molecule has 8 heteroatoms. The first-order chi connectivity index (χ1) is 16.0. The highest BCUT2D eigenvalue weighted by Crippen LogP contribution is 2.36. The molecule has 1 aliphatic rings. The number of benzene rings is 2. The third-order valence-electron chi connectivity index (χ3n) is 5.35. The summed E-state index contributed by atoms with van der Waals surface area (Å²) < 4.78 is 10.8. The summed E-state index contributed by atoms with van der Waals surface area (Å²) in [5.41, 5.74) is 1.89. The Morgan fingerprint density at radius 1 is 1.12 bits per heavy atom. The van der Waals surface area contributed by atoms with Crippen LogP contribution in [0.3, 0.4) is 0 Å². The minimum absolute atomic E-state index is 0.0512. The van der Waals surface area contributed by atoms with E-state index in [2.05, 4.69) is 22.3 Å². The standard InChI is InChI=1S/C25H30ClN3O4/c1-3-33-22-18-19(17-21(26)25(22)32-2)9-10-23(30)27-12-11-24(31)29-15-13-28(14-16-29)20-7-5-4-6-8-20/h4-10,17-18H,3,11-16H2,1-2H3,(H,27,30)/b10-9+. The molecule has 1 heterocycles. The number of nitrogens with zero attached hydrogens (tertiary/aromatic N) is 2. The quantitative estimate of drug-likeness (QED) is 0.566. The highest BCUT2D eigenvalue weighted by Gasteiger charge is 2.20. The van der Waals surface area contributed by atoms with Crippen molar-refractivity contribution in [2.45, 2.75) is 13.3 Å². The van der Waals surface area contributed by atoms with Gasteiger partial charge in [0.05, 0.1) is 18.7 Å². The van der Waals surface area contributed by atoms with Gasteiger partial charge in [-0.15, -0.1) is 0 Å². The van der Waals surface area contributed by atoms with Gasteiger partial charge in [0.15, 0.2) is 11.5 Å². The summed E-state index contributed by atoms with van der Waals surface area (Å²) in [6, 6.07) is 13.7. The van der Waals surface area contributed by atoms with E-state index in [0.29, 0.717) is 41.8 Å². The third-order valence-corrected chi connectivity index (χ3v) is 5.64. The SMILES string of the molecule is CCOc1cc(/C=C/C(=O)NCCC(=O)N2CCN(c3ccccc3)CC2)cc(Cl)c1OC. The fourth-order valence-electron chi connectivity index (χ4n) is 3.68. The molecule has 0 bridgehead atoms. The number of methoxy groups -OCH3 is 1. The van der Waals surface area contributed by atoms with Gasteiger partial charge in [-0.25, -0.2) is 0 Å². The van der Waals surface area contributed by atoms with E-state index in [1.807, 2.05) is 30.0 Å². The molecule has 3 rings (SSSR count). The van der Waals surface area contributed by atoms with Gasteiger partial charge in [0, 0.05) is 50.9 Å². The number of halogens is 1.